The monoisotopic (exact) mass is 311 g/mol. The van der Waals surface area contributed by atoms with Crippen molar-refractivity contribution in [3.8, 4) is 0 Å². The molecular weight excluding hydrogens is 291 g/mol. The van der Waals surface area contributed by atoms with Crippen LogP contribution in [0.5, 0.6) is 0 Å². The van der Waals surface area contributed by atoms with Gasteiger partial charge >= 0.3 is 6.18 Å². The first-order valence-corrected chi connectivity index (χ1v) is 7.87. The van der Waals surface area contributed by atoms with Gasteiger partial charge in [0.1, 0.15) is 5.82 Å². The van der Waals surface area contributed by atoms with E-state index >= 15 is 0 Å². The van der Waals surface area contributed by atoms with Crippen LogP contribution in [0.3, 0.4) is 0 Å². The van der Waals surface area contributed by atoms with Crippen molar-refractivity contribution in [2.45, 2.75) is 51.1 Å². The molecule has 0 aliphatic heterocycles. The SMILES string of the molecule is FC(F)(F)c1ccc(N/N=C2\CC[C@@H]3CCCC[C@H]3C2)nc1. The van der Waals surface area contributed by atoms with Crippen LogP contribution in [-0.4, -0.2) is 10.7 Å². The zero-order valence-electron chi connectivity index (χ0n) is 12.4. The second-order valence-electron chi connectivity index (χ2n) is 6.27. The Balaban J connectivity index is 1.59. The first kappa shape index (κ1) is 15.3. The lowest BCUT2D eigenvalue weighted by Gasteiger charge is -2.35. The van der Waals surface area contributed by atoms with Crippen LogP contribution in [0, 0.1) is 11.8 Å². The summed E-state index contributed by atoms with van der Waals surface area (Å²) in [6, 6.07) is 2.34. The van der Waals surface area contributed by atoms with Gasteiger partial charge < -0.3 is 0 Å². The van der Waals surface area contributed by atoms with Crippen LogP contribution >= 0.6 is 0 Å². The van der Waals surface area contributed by atoms with Crippen LogP contribution in [0.25, 0.3) is 0 Å². The number of pyridine rings is 1. The van der Waals surface area contributed by atoms with Gasteiger partial charge in [0, 0.05) is 11.9 Å². The minimum absolute atomic E-state index is 0.353. The fraction of sp³-hybridized carbons (Fsp3) is 0.625. The summed E-state index contributed by atoms with van der Waals surface area (Å²) in [4.78, 5) is 3.77. The highest BCUT2D eigenvalue weighted by Crippen LogP contribution is 2.39. The summed E-state index contributed by atoms with van der Waals surface area (Å²) in [5.74, 6) is 1.94. The Morgan fingerprint density at radius 2 is 1.86 bits per heavy atom. The van der Waals surface area contributed by atoms with E-state index in [1.165, 1.54) is 38.2 Å². The van der Waals surface area contributed by atoms with Crippen LogP contribution < -0.4 is 5.43 Å². The molecule has 0 aromatic carbocycles. The maximum absolute atomic E-state index is 12.5. The summed E-state index contributed by atoms with van der Waals surface area (Å²) in [7, 11) is 0. The van der Waals surface area contributed by atoms with Gasteiger partial charge in [-0.05, 0) is 49.7 Å². The number of rotatable bonds is 2. The molecule has 0 spiro atoms. The Bertz CT molecular complexity index is 537. The Labute approximate surface area is 128 Å². The number of nitrogens with one attached hydrogen (secondary N) is 1. The molecule has 0 saturated heterocycles. The summed E-state index contributed by atoms with van der Waals surface area (Å²) in [6.45, 7) is 0. The highest BCUT2D eigenvalue weighted by molar-refractivity contribution is 5.86. The lowest BCUT2D eigenvalue weighted by Crippen LogP contribution is -2.28. The van der Waals surface area contributed by atoms with Gasteiger partial charge in [0.2, 0.25) is 0 Å². The molecule has 2 saturated carbocycles. The van der Waals surface area contributed by atoms with Crippen LogP contribution in [0.1, 0.15) is 50.5 Å². The summed E-state index contributed by atoms with van der Waals surface area (Å²) in [5.41, 5.74) is 3.17. The average Bonchev–Trinajstić information content (AvgIpc) is 2.52. The summed E-state index contributed by atoms with van der Waals surface area (Å²) < 4.78 is 37.4. The smallest absolute Gasteiger partial charge is 0.261 e. The topological polar surface area (TPSA) is 37.3 Å². The van der Waals surface area contributed by atoms with Gasteiger partial charge in [0.15, 0.2) is 0 Å². The summed E-state index contributed by atoms with van der Waals surface area (Å²) in [6.07, 6.45) is 4.94. The van der Waals surface area contributed by atoms with Crippen molar-refractivity contribution in [2.24, 2.45) is 16.9 Å². The summed E-state index contributed by atoms with van der Waals surface area (Å²) >= 11 is 0. The minimum atomic E-state index is -4.35. The van der Waals surface area contributed by atoms with Crippen LogP contribution in [0.15, 0.2) is 23.4 Å². The third-order valence-corrected chi connectivity index (χ3v) is 4.79. The van der Waals surface area contributed by atoms with E-state index in [0.29, 0.717) is 5.82 Å². The molecule has 0 bridgehead atoms. The largest absolute Gasteiger partial charge is 0.417 e. The molecule has 0 unspecified atom stereocenters. The first-order valence-electron chi connectivity index (χ1n) is 7.87. The van der Waals surface area contributed by atoms with E-state index in [1.807, 2.05) is 0 Å². The predicted molar refractivity (Wildman–Crippen MR) is 79.6 cm³/mol. The minimum Gasteiger partial charge on any atom is -0.261 e. The number of fused-ring (bicyclic) bond motifs is 1. The lowest BCUT2D eigenvalue weighted by atomic mass is 9.70. The molecule has 2 aliphatic rings. The number of hydrogen-bond donors (Lipinski definition) is 1. The van der Waals surface area contributed by atoms with Gasteiger partial charge in [0.05, 0.1) is 5.56 Å². The molecule has 1 N–H and O–H groups in total. The van der Waals surface area contributed by atoms with Crippen molar-refractivity contribution in [1.82, 2.24) is 4.98 Å². The molecule has 6 heteroatoms. The fourth-order valence-corrected chi connectivity index (χ4v) is 3.56. The van der Waals surface area contributed by atoms with Crippen molar-refractivity contribution in [3.05, 3.63) is 23.9 Å². The van der Waals surface area contributed by atoms with E-state index < -0.39 is 11.7 Å². The Morgan fingerprint density at radius 3 is 2.55 bits per heavy atom. The quantitative estimate of drug-likeness (QED) is 0.792. The Kier molecular flexibility index (Phi) is 4.36. The fourth-order valence-electron chi connectivity index (χ4n) is 3.56. The number of alkyl halides is 3. The molecule has 2 atom stereocenters. The third-order valence-electron chi connectivity index (χ3n) is 4.79. The number of anilines is 1. The number of aromatic nitrogens is 1. The molecule has 120 valence electrons. The van der Waals surface area contributed by atoms with E-state index in [1.54, 1.807) is 0 Å². The molecule has 2 aliphatic carbocycles. The molecule has 0 amide bonds. The van der Waals surface area contributed by atoms with Gasteiger partial charge in [-0.2, -0.15) is 18.3 Å². The normalized spacial score (nSPS) is 27.5. The van der Waals surface area contributed by atoms with E-state index in [-0.39, 0.29) is 0 Å². The van der Waals surface area contributed by atoms with Crippen molar-refractivity contribution in [3.63, 3.8) is 0 Å². The first-order chi connectivity index (χ1) is 10.5. The Morgan fingerprint density at radius 1 is 1.09 bits per heavy atom. The predicted octanol–water partition coefficient (Wildman–Crippen LogP) is 4.86. The van der Waals surface area contributed by atoms with E-state index in [4.69, 9.17) is 0 Å². The van der Waals surface area contributed by atoms with Crippen molar-refractivity contribution in [1.29, 1.82) is 0 Å². The number of hydrazone groups is 1. The highest BCUT2D eigenvalue weighted by atomic mass is 19.4. The number of halogens is 3. The molecule has 3 rings (SSSR count). The second kappa shape index (κ2) is 6.26. The lowest BCUT2D eigenvalue weighted by molar-refractivity contribution is -0.137. The van der Waals surface area contributed by atoms with E-state index in [2.05, 4.69) is 15.5 Å². The zero-order chi connectivity index (χ0) is 15.6. The van der Waals surface area contributed by atoms with Crippen LogP contribution in [-0.2, 0) is 6.18 Å². The molecule has 3 nitrogen and oxygen atoms in total. The van der Waals surface area contributed by atoms with Gasteiger partial charge in [-0.1, -0.05) is 19.3 Å². The van der Waals surface area contributed by atoms with Gasteiger partial charge in [0.25, 0.3) is 0 Å². The van der Waals surface area contributed by atoms with E-state index in [9.17, 15) is 13.2 Å². The molecule has 1 aromatic heterocycles. The second-order valence-corrected chi connectivity index (χ2v) is 6.27. The van der Waals surface area contributed by atoms with Gasteiger partial charge in [-0.25, -0.2) is 4.98 Å². The van der Waals surface area contributed by atoms with Crippen LogP contribution in [0.4, 0.5) is 19.0 Å². The number of hydrogen-bond acceptors (Lipinski definition) is 3. The van der Waals surface area contributed by atoms with Crippen molar-refractivity contribution < 1.29 is 13.2 Å². The Hall–Kier alpha value is -1.59. The highest BCUT2D eigenvalue weighted by Gasteiger charge is 2.31. The zero-order valence-corrected chi connectivity index (χ0v) is 12.4. The molecule has 1 heterocycles. The standard InChI is InChI=1S/C16H20F3N3/c17-16(18,19)13-6-8-15(20-10-13)22-21-14-7-5-11-3-1-2-4-12(11)9-14/h6,8,10-12H,1-5,7,9H2,(H,20,22)/b21-14+/t11-,12-/m0/s1. The van der Waals surface area contributed by atoms with Crippen LogP contribution in [0.2, 0.25) is 0 Å². The van der Waals surface area contributed by atoms with Gasteiger partial charge in [-0.3, -0.25) is 5.43 Å². The van der Waals surface area contributed by atoms with Crippen molar-refractivity contribution >= 4 is 11.5 Å². The third kappa shape index (κ3) is 3.59. The average molecular weight is 311 g/mol. The molecule has 1 aromatic rings. The summed E-state index contributed by atoms with van der Waals surface area (Å²) in [5, 5.41) is 4.36. The maximum atomic E-state index is 12.5. The van der Waals surface area contributed by atoms with Crippen molar-refractivity contribution in [2.75, 3.05) is 5.43 Å². The molecule has 0 radical (unpaired) electrons. The molecule has 2 fully saturated rings. The maximum Gasteiger partial charge on any atom is 0.417 e. The van der Waals surface area contributed by atoms with E-state index in [0.717, 1.165) is 42.7 Å². The molecule has 22 heavy (non-hydrogen) atoms. The van der Waals surface area contributed by atoms with Gasteiger partial charge in [-0.15, -0.1) is 0 Å². The molecular formula is C16H20F3N3. The number of nitrogens with zero attached hydrogens (tertiary/aromatic N) is 2.